The zero-order chi connectivity index (χ0) is 61.4. The second-order valence-electron chi connectivity index (χ2n) is 20.6. The molecule has 0 amide bonds. The van der Waals surface area contributed by atoms with Crippen LogP contribution in [0, 0.1) is 23.7 Å². The monoisotopic (exact) mass is 1210 g/mol. The second-order valence-corrected chi connectivity index (χ2v) is 26.4. The number of hydrogen-bond donors (Lipinski definition) is 2. The van der Waals surface area contributed by atoms with Crippen LogP contribution in [0.3, 0.4) is 0 Å². The average molecular weight is 1220 g/mol. The predicted octanol–water partition coefficient (Wildman–Crippen LogP) is 15.2. The third-order valence-electron chi connectivity index (χ3n) is 12.5. The summed E-state index contributed by atoms with van der Waals surface area (Å²) in [5.74, 6) is 16.5. The molecule has 2 N–H and O–H groups in total. The van der Waals surface area contributed by atoms with Crippen LogP contribution in [-0.4, -0.2) is 46.7 Å². The number of benzene rings is 10. The van der Waals surface area contributed by atoms with Crippen molar-refractivity contribution in [3.63, 3.8) is 0 Å². The highest BCUT2D eigenvalue weighted by atomic mass is 32.2. The molecule has 10 rings (SSSR count). The van der Waals surface area contributed by atoms with Crippen LogP contribution in [0.5, 0.6) is 69.0 Å². The van der Waals surface area contributed by atoms with Crippen molar-refractivity contribution < 1.29 is 63.9 Å². The molecule has 0 unspecified atom stereocenters. The van der Waals surface area contributed by atoms with Crippen molar-refractivity contribution in [1.29, 1.82) is 0 Å². The van der Waals surface area contributed by atoms with Crippen molar-refractivity contribution in [2.75, 3.05) is 0 Å². The van der Waals surface area contributed by atoms with E-state index in [2.05, 4.69) is 23.7 Å². The van der Waals surface area contributed by atoms with Crippen molar-refractivity contribution >= 4 is 29.5 Å². The Morgan fingerprint density at radius 3 is 0.667 bits per heavy atom. The Morgan fingerprint density at radius 2 is 0.448 bits per heavy atom. The summed E-state index contributed by atoms with van der Waals surface area (Å²) in [5.41, 5.74) is -0.980. The Hall–Kier alpha value is -10.1. The van der Waals surface area contributed by atoms with Gasteiger partial charge in [0.2, 0.25) is 29.5 Å². The van der Waals surface area contributed by atoms with E-state index in [1.165, 1.54) is 72.8 Å². The van der Waals surface area contributed by atoms with Crippen molar-refractivity contribution in [3.8, 4) is 92.7 Å². The third-order valence-corrected chi connectivity index (χ3v) is 17.9. The van der Waals surface area contributed by atoms with Gasteiger partial charge in [0.05, 0.1) is 29.4 Å². The highest BCUT2D eigenvalue weighted by Gasteiger charge is 2.22. The molecule has 10 aromatic rings. The van der Waals surface area contributed by atoms with Crippen molar-refractivity contribution in [1.82, 2.24) is 0 Å². The maximum atomic E-state index is 13.7. The van der Waals surface area contributed by atoms with Crippen molar-refractivity contribution in [2.24, 2.45) is 0 Å². The van der Waals surface area contributed by atoms with Gasteiger partial charge in [-0.25, -0.2) is 25.3 Å². The summed E-state index contributed by atoms with van der Waals surface area (Å²) in [7, 11) is -11.7. The van der Waals surface area contributed by atoms with Gasteiger partial charge in [0.15, 0.2) is 0 Å². The van der Waals surface area contributed by atoms with Gasteiger partial charge < -0.3 is 38.6 Å². The van der Waals surface area contributed by atoms with Crippen LogP contribution in [0.1, 0.15) is 38.8 Å². The largest absolute Gasteiger partial charge is 0.457 e. The molecule has 0 bridgehead atoms. The first-order chi connectivity index (χ1) is 41.5. The van der Waals surface area contributed by atoms with E-state index >= 15 is 0 Å². The summed E-state index contributed by atoms with van der Waals surface area (Å²) < 4.78 is 117. The topological polar surface area (TPSA) is 198 Å². The number of sulfone groups is 3. The van der Waals surface area contributed by atoms with E-state index in [1.807, 2.05) is 0 Å². The van der Waals surface area contributed by atoms with E-state index < -0.39 is 40.7 Å². The minimum absolute atomic E-state index is 0.0457. The van der Waals surface area contributed by atoms with E-state index in [1.54, 1.807) is 198 Å². The Labute approximate surface area is 505 Å². The SMILES string of the molecule is CC(C)(O)C#Cc1cccc(Oc2ccc(S(=O)(=O)c3ccc(Oc4ccc(Oc5ccc(S(=O)(=O)c6ccc(Oc7cccc(Oc8ccc(S(=O)(=O)c9ccc(Oc%10cccc(C#CC(C)(C)O)c%10)cc9)cc8)c7)cc6)cc5)cc4)cc3)cc2)c1. The number of ether oxygens (including phenoxy) is 6. The number of aliphatic hydroxyl groups is 2. The molecule has 436 valence electrons. The zero-order valence-corrected chi connectivity index (χ0v) is 49.6. The van der Waals surface area contributed by atoms with Crippen LogP contribution >= 0.6 is 0 Å². The first-order valence-corrected chi connectivity index (χ1v) is 31.3. The molecule has 0 saturated heterocycles. The molecule has 0 atom stereocenters. The summed E-state index contributed by atoms with van der Waals surface area (Å²) in [6.45, 7) is 6.38. The molecule has 0 fully saturated rings. The fraction of sp³-hybridized carbons (Fsp3) is 0.0857. The molecule has 10 aromatic carbocycles. The molecule has 17 heteroatoms. The minimum Gasteiger partial charge on any atom is -0.457 e. The second kappa shape index (κ2) is 25.2. The zero-order valence-electron chi connectivity index (χ0n) is 47.1. The summed E-state index contributed by atoms with van der Waals surface area (Å²) in [6, 6.07) is 63.8. The predicted molar refractivity (Wildman–Crippen MR) is 328 cm³/mol. The lowest BCUT2D eigenvalue weighted by molar-refractivity contribution is 0.143. The van der Waals surface area contributed by atoms with E-state index in [0.717, 1.165) is 0 Å². The van der Waals surface area contributed by atoms with Gasteiger partial charge in [-0.3, -0.25) is 0 Å². The Morgan fingerprint density at radius 1 is 0.264 bits per heavy atom. The molecular formula is C70H54O14S3. The highest BCUT2D eigenvalue weighted by molar-refractivity contribution is 7.92. The molecule has 0 spiro atoms. The van der Waals surface area contributed by atoms with E-state index in [4.69, 9.17) is 28.4 Å². The van der Waals surface area contributed by atoms with Crippen molar-refractivity contribution in [3.05, 3.63) is 254 Å². The van der Waals surface area contributed by atoms with Gasteiger partial charge in [0.25, 0.3) is 0 Å². The molecule has 0 aromatic heterocycles. The normalized spacial score (nSPS) is 11.7. The van der Waals surface area contributed by atoms with Crippen LogP contribution in [-0.2, 0) is 29.5 Å². The van der Waals surface area contributed by atoms with Gasteiger partial charge >= 0.3 is 0 Å². The quantitative estimate of drug-likeness (QED) is 0.0769. The van der Waals surface area contributed by atoms with E-state index in [-0.39, 0.29) is 29.4 Å². The average Bonchev–Trinajstić information content (AvgIpc) is 3.36. The first kappa shape index (κ1) is 60.0. The van der Waals surface area contributed by atoms with Crippen molar-refractivity contribution in [2.45, 2.75) is 68.3 Å². The van der Waals surface area contributed by atoms with Gasteiger partial charge in [0, 0.05) is 17.2 Å². The van der Waals surface area contributed by atoms with Gasteiger partial charge in [-0.2, -0.15) is 0 Å². The standard InChI is InChI=1S/C70H54O14S3/c1-69(2,71)44-42-49-8-5-10-59(46-49)81-55-22-34-65(35-23-55)85(73,74)63-30-18-53(19-31-63)79-51-14-16-52(17-15-51)80-54-20-32-64(33-21-54)86(75,76)67-38-26-57(27-39-67)83-61-12-7-13-62(48-61)84-58-28-40-68(41-29-58)87(77,78)66-36-24-56(25-37-66)82-60-11-6-9-50(47-60)43-45-70(3,4)72/h5-41,46-48,71-72H,1-4H3. The Balaban J connectivity index is 0.687. The molecule has 0 aliphatic rings. The molecule has 0 aliphatic heterocycles. The molecule has 0 aliphatic carbocycles. The highest BCUT2D eigenvalue weighted by Crippen LogP contribution is 2.35. The first-order valence-electron chi connectivity index (χ1n) is 26.8. The maximum Gasteiger partial charge on any atom is 0.206 e. The van der Waals surface area contributed by atoms with Crippen LogP contribution < -0.4 is 28.4 Å². The number of rotatable bonds is 18. The summed E-state index contributed by atoms with van der Waals surface area (Å²) in [4.78, 5) is 0.389. The molecular weight excluding hydrogens is 1160 g/mol. The maximum absolute atomic E-state index is 13.7. The molecule has 14 nitrogen and oxygen atoms in total. The fourth-order valence-electron chi connectivity index (χ4n) is 8.25. The molecule has 0 heterocycles. The van der Waals surface area contributed by atoms with E-state index in [0.29, 0.717) is 80.1 Å². The summed E-state index contributed by atoms with van der Waals surface area (Å²) in [6.07, 6.45) is 0. The lowest BCUT2D eigenvalue weighted by Gasteiger charge is -2.11. The van der Waals surface area contributed by atoms with Crippen LogP contribution in [0.25, 0.3) is 0 Å². The minimum atomic E-state index is -3.93. The molecule has 0 radical (unpaired) electrons. The fourth-order valence-corrected chi connectivity index (χ4v) is 12.0. The van der Waals surface area contributed by atoms with Gasteiger partial charge in [0.1, 0.15) is 80.2 Å². The van der Waals surface area contributed by atoms with Crippen LogP contribution in [0.2, 0.25) is 0 Å². The van der Waals surface area contributed by atoms with Crippen LogP contribution in [0.15, 0.2) is 272 Å². The smallest absolute Gasteiger partial charge is 0.206 e. The lowest BCUT2D eigenvalue weighted by atomic mass is 10.1. The van der Waals surface area contributed by atoms with E-state index in [9.17, 15) is 35.5 Å². The summed E-state index contributed by atoms with van der Waals surface area (Å²) in [5, 5.41) is 19.8. The van der Waals surface area contributed by atoms with Crippen LogP contribution in [0.4, 0.5) is 0 Å². The van der Waals surface area contributed by atoms with Gasteiger partial charge in [-0.1, -0.05) is 41.9 Å². The van der Waals surface area contributed by atoms with Gasteiger partial charge in [-0.15, -0.1) is 0 Å². The molecule has 87 heavy (non-hydrogen) atoms. The van der Waals surface area contributed by atoms with Gasteiger partial charge in [-0.05, 0) is 246 Å². The Bertz CT molecular complexity index is 4570. The third kappa shape index (κ3) is 15.8. The summed E-state index contributed by atoms with van der Waals surface area (Å²) >= 11 is 0. The molecule has 0 saturated carbocycles. The number of hydrogen-bond acceptors (Lipinski definition) is 14. The lowest BCUT2D eigenvalue weighted by Crippen LogP contribution is -2.14. The Kier molecular flexibility index (Phi) is 17.4.